The molecule has 18 heavy (non-hydrogen) atoms. The van der Waals surface area contributed by atoms with E-state index in [1.807, 2.05) is 0 Å². The summed E-state index contributed by atoms with van der Waals surface area (Å²) in [6.45, 7) is 0. The van der Waals surface area contributed by atoms with Crippen molar-refractivity contribution in [3.8, 4) is 0 Å². The number of carbonyl (C=O) groups is 2. The Morgan fingerprint density at radius 1 is 1.44 bits per heavy atom. The highest BCUT2D eigenvalue weighted by Crippen LogP contribution is 2.27. The fourth-order valence-electron chi connectivity index (χ4n) is 1.59. The second-order valence-corrected chi connectivity index (χ2v) is 4.68. The second-order valence-electron chi connectivity index (χ2n) is 4.27. The Labute approximate surface area is 109 Å². The minimum Gasteiger partial charge on any atom is -0.478 e. The van der Waals surface area contributed by atoms with E-state index in [9.17, 15) is 9.59 Å². The van der Waals surface area contributed by atoms with Gasteiger partial charge in [-0.15, -0.1) is 0 Å². The van der Waals surface area contributed by atoms with Gasteiger partial charge in [0.1, 0.15) is 0 Å². The van der Waals surface area contributed by atoms with Gasteiger partial charge in [-0.1, -0.05) is 11.6 Å². The molecule has 0 spiro atoms. The van der Waals surface area contributed by atoms with Gasteiger partial charge in [-0.05, 0) is 31.0 Å². The average Bonchev–Trinajstić information content (AvgIpc) is 3.14. The summed E-state index contributed by atoms with van der Waals surface area (Å²) in [6, 6.07) is 4.21. The lowest BCUT2D eigenvalue weighted by atomic mass is 10.2. The molecule has 0 aromatic heterocycles. The number of nitrogens with zero attached hydrogens (tertiary/aromatic N) is 1. The van der Waals surface area contributed by atoms with Gasteiger partial charge >= 0.3 is 12.0 Å². The van der Waals surface area contributed by atoms with Crippen molar-refractivity contribution in [3.63, 3.8) is 0 Å². The van der Waals surface area contributed by atoms with Crippen molar-refractivity contribution in [2.45, 2.75) is 18.9 Å². The molecule has 1 aliphatic carbocycles. The number of hydrogen-bond acceptors (Lipinski definition) is 2. The third-order valence-corrected chi connectivity index (χ3v) is 3.20. The molecule has 6 heteroatoms. The molecule has 0 atom stereocenters. The molecular weight excluding hydrogens is 256 g/mol. The van der Waals surface area contributed by atoms with Gasteiger partial charge in [0.05, 0.1) is 16.3 Å². The standard InChI is InChI=1S/C12H13ClN2O3/c1-15(8-3-4-8)12(18)14-10-6-7(11(16)17)2-5-9(10)13/h2,5-6,8H,3-4H2,1H3,(H,14,18)(H,16,17). The van der Waals surface area contributed by atoms with Crippen molar-refractivity contribution in [1.29, 1.82) is 0 Å². The first-order valence-electron chi connectivity index (χ1n) is 5.55. The number of nitrogens with one attached hydrogen (secondary N) is 1. The van der Waals surface area contributed by atoms with Crippen LogP contribution < -0.4 is 5.32 Å². The Hall–Kier alpha value is -1.75. The van der Waals surface area contributed by atoms with E-state index >= 15 is 0 Å². The lowest BCUT2D eigenvalue weighted by Crippen LogP contribution is -2.33. The molecule has 0 bridgehead atoms. The fourth-order valence-corrected chi connectivity index (χ4v) is 1.75. The molecular formula is C12H13ClN2O3. The number of carboxylic acids is 1. The molecule has 1 aliphatic rings. The summed E-state index contributed by atoms with van der Waals surface area (Å²) >= 11 is 5.92. The molecule has 1 aromatic rings. The van der Waals surface area contributed by atoms with Crippen molar-refractivity contribution in [3.05, 3.63) is 28.8 Å². The number of carboxylic acid groups (broad SMARTS) is 1. The van der Waals surface area contributed by atoms with Gasteiger partial charge in [0.15, 0.2) is 0 Å². The first kappa shape index (κ1) is 12.7. The maximum absolute atomic E-state index is 11.8. The number of aromatic carboxylic acids is 1. The van der Waals surface area contributed by atoms with Crippen molar-refractivity contribution in [1.82, 2.24) is 4.90 Å². The summed E-state index contributed by atoms with van der Waals surface area (Å²) in [6.07, 6.45) is 2.01. The molecule has 2 amide bonds. The Morgan fingerprint density at radius 2 is 2.11 bits per heavy atom. The lowest BCUT2D eigenvalue weighted by molar-refractivity contribution is 0.0697. The number of urea groups is 1. The number of carbonyl (C=O) groups excluding carboxylic acids is 1. The molecule has 1 aromatic carbocycles. The van der Waals surface area contributed by atoms with E-state index in [1.165, 1.54) is 18.2 Å². The minimum absolute atomic E-state index is 0.0868. The molecule has 0 radical (unpaired) electrons. The lowest BCUT2D eigenvalue weighted by Gasteiger charge is -2.17. The number of amides is 2. The van der Waals surface area contributed by atoms with E-state index in [1.54, 1.807) is 11.9 Å². The zero-order valence-corrected chi connectivity index (χ0v) is 10.6. The molecule has 96 valence electrons. The largest absolute Gasteiger partial charge is 0.478 e. The highest BCUT2D eigenvalue weighted by Gasteiger charge is 2.29. The Balaban J connectivity index is 2.14. The highest BCUT2D eigenvalue weighted by atomic mass is 35.5. The van der Waals surface area contributed by atoms with Crippen molar-refractivity contribution < 1.29 is 14.7 Å². The first-order valence-corrected chi connectivity index (χ1v) is 5.93. The summed E-state index contributed by atoms with van der Waals surface area (Å²) in [7, 11) is 1.71. The van der Waals surface area contributed by atoms with Gasteiger partial charge in [-0.25, -0.2) is 9.59 Å². The van der Waals surface area contributed by atoms with Crippen LogP contribution in [0, 0.1) is 0 Å². The molecule has 5 nitrogen and oxygen atoms in total. The van der Waals surface area contributed by atoms with E-state index in [2.05, 4.69) is 5.32 Å². The van der Waals surface area contributed by atoms with Crippen molar-refractivity contribution >= 4 is 29.3 Å². The van der Waals surface area contributed by atoms with Gasteiger partial charge in [0.2, 0.25) is 0 Å². The Bertz CT molecular complexity index is 500. The van der Waals surface area contributed by atoms with Crippen molar-refractivity contribution in [2.24, 2.45) is 0 Å². The maximum Gasteiger partial charge on any atom is 0.335 e. The first-order chi connectivity index (χ1) is 8.49. The Kier molecular flexibility index (Phi) is 3.43. The Morgan fingerprint density at radius 3 is 2.67 bits per heavy atom. The predicted molar refractivity (Wildman–Crippen MR) is 68.2 cm³/mol. The van der Waals surface area contributed by atoms with E-state index in [0.717, 1.165) is 12.8 Å². The smallest absolute Gasteiger partial charge is 0.335 e. The van der Waals surface area contributed by atoms with Crippen LogP contribution in [0.15, 0.2) is 18.2 Å². The van der Waals surface area contributed by atoms with E-state index < -0.39 is 5.97 Å². The summed E-state index contributed by atoms with van der Waals surface area (Å²) in [5.74, 6) is -1.06. The van der Waals surface area contributed by atoms with Crippen LogP contribution in [-0.4, -0.2) is 35.1 Å². The van der Waals surface area contributed by atoms with E-state index in [4.69, 9.17) is 16.7 Å². The summed E-state index contributed by atoms with van der Waals surface area (Å²) in [4.78, 5) is 24.3. The number of rotatable bonds is 3. The number of halogens is 1. The van der Waals surface area contributed by atoms with Crippen LogP contribution in [0.1, 0.15) is 23.2 Å². The summed E-state index contributed by atoms with van der Waals surface area (Å²) in [5.41, 5.74) is 0.401. The SMILES string of the molecule is CN(C(=O)Nc1cc(C(=O)O)ccc1Cl)C1CC1. The van der Waals surface area contributed by atoms with E-state index in [-0.39, 0.29) is 17.6 Å². The van der Waals surface area contributed by atoms with Gasteiger partial charge < -0.3 is 15.3 Å². The zero-order chi connectivity index (χ0) is 13.3. The van der Waals surface area contributed by atoms with Crippen LogP contribution in [0.4, 0.5) is 10.5 Å². The normalized spacial score (nSPS) is 14.1. The molecule has 1 saturated carbocycles. The topological polar surface area (TPSA) is 69.6 Å². The molecule has 0 aliphatic heterocycles. The maximum atomic E-state index is 11.8. The van der Waals surface area contributed by atoms with Crippen LogP contribution in [0.3, 0.4) is 0 Å². The molecule has 0 heterocycles. The average molecular weight is 269 g/mol. The van der Waals surface area contributed by atoms with Crippen LogP contribution in [0.2, 0.25) is 5.02 Å². The van der Waals surface area contributed by atoms with Gasteiger partial charge in [-0.3, -0.25) is 0 Å². The predicted octanol–water partition coefficient (Wildman–Crippen LogP) is 2.66. The van der Waals surface area contributed by atoms with Crippen molar-refractivity contribution in [2.75, 3.05) is 12.4 Å². The van der Waals surface area contributed by atoms with Gasteiger partial charge in [-0.2, -0.15) is 0 Å². The monoisotopic (exact) mass is 268 g/mol. The second kappa shape index (κ2) is 4.86. The van der Waals surface area contributed by atoms with Crippen LogP contribution in [-0.2, 0) is 0 Å². The molecule has 1 fully saturated rings. The number of hydrogen-bond donors (Lipinski definition) is 2. The fraction of sp³-hybridized carbons (Fsp3) is 0.333. The third-order valence-electron chi connectivity index (χ3n) is 2.87. The summed E-state index contributed by atoms with van der Waals surface area (Å²) in [5, 5.41) is 11.8. The van der Waals surface area contributed by atoms with Crippen LogP contribution in [0.5, 0.6) is 0 Å². The van der Waals surface area contributed by atoms with Gasteiger partial charge in [0.25, 0.3) is 0 Å². The minimum atomic E-state index is -1.06. The zero-order valence-electron chi connectivity index (χ0n) is 9.81. The highest BCUT2D eigenvalue weighted by molar-refractivity contribution is 6.33. The van der Waals surface area contributed by atoms with Gasteiger partial charge in [0, 0.05) is 13.1 Å². The third kappa shape index (κ3) is 2.73. The quantitative estimate of drug-likeness (QED) is 0.885. The molecule has 2 N–H and O–H groups in total. The van der Waals surface area contributed by atoms with E-state index in [0.29, 0.717) is 10.7 Å². The van der Waals surface area contributed by atoms with Crippen LogP contribution >= 0.6 is 11.6 Å². The van der Waals surface area contributed by atoms with Crippen LogP contribution in [0.25, 0.3) is 0 Å². The molecule has 0 unspecified atom stereocenters. The molecule has 2 rings (SSSR count). The number of anilines is 1. The molecule has 0 saturated heterocycles. The summed E-state index contributed by atoms with van der Waals surface area (Å²) < 4.78 is 0. The number of benzene rings is 1.